The summed E-state index contributed by atoms with van der Waals surface area (Å²) in [5, 5.41) is 7.96. The summed E-state index contributed by atoms with van der Waals surface area (Å²) in [5.74, 6) is -0.200. The van der Waals surface area contributed by atoms with Crippen molar-refractivity contribution in [1.29, 1.82) is 0 Å². The maximum atomic E-state index is 12.2. The maximum Gasteiger partial charge on any atom is 0.324 e. The average molecular weight is 329 g/mol. The second-order valence-electron chi connectivity index (χ2n) is 5.52. The molecule has 2 N–H and O–H groups in total. The molecule has 3 amide bonds. The van der Waals surface area contributed by atoms with E-state index >= 15 is 0 Å². The van der Waals surface area contributed by atoms with Crippen molar-refractivity contribution in [2.75, 3.05) is 19.6 Å². The highest BCUT2D eigenvalue weighted by Crippen LogP contribution is 2.26. The van der Waals surface area contributed by atoms with Crippen molar-refractivity contribution in [2.24, 2.45) is 0 Å². The minimum Gasteiger partial charge on any atom is -0.336 e. The first-order valence-electron chi connectivity index (χ1n) is 7.56. The van der Waals surface area contributed by atoms with Crippen LogP contribution in [0.4, 0.5) is 4.79 Å². The molecule has 0 radical (unpaired) electrons. The molecule has 0 spiro atoms. The van der Waals surface area contributed by atoms with Gasteiger partial charge in [-0.15, -0.1) is 11.3 Å². The highest BCUT2D eigenvalue weighted by Gasteiger charge is 2.26. The predicted molar refractivity (Wildman–Crippen MR) is 90.5 cm³/mol. The fourth-order valence-electron chi connectivity index (χ4n) is 2.59. The smallest absolute Gasteiger partial charge is 0.324 e. The third-order valence-electron chi connectivity index (χ3n) is 3.85. The van der Waals surface area contributed by atoms with Gasteiger partial charge in [0.25, 0.3) is 0 Å². The Balaban J connectivity index is 1.73. The van der Waals surface area contributed by atoms with Gasteiger partial charge in [-0.1, -0.05) is 35.9 Å². The largest absolute Gasteiger partial charge is 0.336 e. The fraction of sp³-hybridized carbons (Fsp3) is 0.294. The van der Waals surface area contributed by atoms with Crippen molar-refractivity contribution in [2.45, 2.75) is 13.0 Å². The van der Waals surface area contributed by atoms with E-state index in [0.717, 1.165) is 10.4 Å². The lowest BCUT2D eigenvalue weighted by Crippen LogP contribution is -2.41. The molecule has 1 saturated heterocycles. The van der Waals surface area contributed by atoms with Crippen molar-refractivity contribution in [3.8, 4) is 0 Å². The molecule has 120 valence electrons. The van der Waals surface area contributed by atoms with Crippen molar-refractivity contribution in [1.82, 2.24) is 15.5 Å². The summed E-state index contributed by atoms with van der Waals surface area (Å²) in [6.45, 7) is 3.14. The number of benzene rings is 1. The van der Waals surface area contributed by atoms with Gasteiger partial charge in [-0.3, -0.25) is 15.0 Å². The second-order valence-corrected chi connectivity index (χ2v) is 6.50. The molecule has 0 saturated carbocycles. The molecule has 1 aromatic heterocycles. The number of carbonyl (C=O) groups excluding carboxylic acids is 2. The van der Waals surface area contributed by atoms with Crippen LogP contribution in [0.3, 0.4) is 0 Å². The Labute approximate surface area is 139 Å². The van der Waals surface area contributed by atoms with Gasteiger partial charge in [0.2, 0.25) is 5.91 Å². The van der Waals surface area contributed by atoms with E-state index in [4.69, 9.17) is 0 Å². The van der Waals surface area contributed by atoms with Crippen LogP contribution in [0.5, 0.6) is 0 Å². The Morgan fingerprint density at radius 2 is 2.13 bits per heavy atom. The number of imide groups is 1. The first-order valence-corrected chi connectivity index (χ1v) is 8.44. The Kier molecular flexibility index (Phi) is 4.73. The minimum absolute atomic E-state index is 0.0507. The number of hydrogen-bond acceptors (Lipinski definition) is 4. The molecule has 2 heterocycles. The van der Waals surface area contributed by atoms with E-state index in [1.165, 1.54) is 10.5 Å². The average Bonchev–Trinajstić information content (AvgIpc) is 3.20. The van der Waals surface area contributed by atoms with Gasteiger partial charge in [-0.05, 0) is 23.9 Å². The minimum atomic E-state index is -0.306. The number of rotatable bonds is 5. The Morgan fingerprint density at radius 1 is 1.35 bits per heavy atom. The van der Waals surface area contributed by atoms with E-state index < -0.39 is 0 Å². The van der Waals surface area contributed by atoms with Gasteiger partial charge in [0, 0.05) is 18.0 Å². The van der Waals surface area contributed by atoms with E-state index in [0.29, 0.717) is 13.1 Å². The van der Waals surface area contributed by atoms with E-state index in [9.17, 15) is 9.59 Å². The van der Waals surface area contributed by atoms with Crippen molar-refractivity contribution < 1.29 is 9.59 Å². The Morgan fingerprint density at radius 3 is 2.74 bits per heavy atom. The monoisotopic (exact) mass is 329 g/mol. The number of amides is 3. The van der Waals surface area contributed by atoms with Gasteiger partial charge < -0.3 is 5.32 Å². The molecule has 3 rings (SSSR count). The van der Waals surface area contributed by atoms with Gasteiger partial charge in [-0.2, -0.15) is 0 Å². The quantitative estimate of drug-likeness (QED) is 0.885. The van der Waals surface area contributed by atoms with Crippen LogP contribution >= 0.6 is 11.3 Å². The molecule has 1 aliphatic rings. The van der Waals surface area contributed by atoms with Crippen LogP contribution in [0.25, 0.3) is 0 Å². The molecule has 0 bridgehead atoms. The van der Waals surface area contributed by atoms with Crippen molar-refractivity contribution in [3.05, 3.63) is 57.8 Å². The van der Waals surface area contributed by atoms with E-state index in [-0.39, 0.29) is 24.5 Å². The third-order valence-corrected chi connectivity index (χ3v) is 4.79. The van der Waals surface area contributed by atoms with Crippen LogP contribution in [0.1, 0.15) is 22.0 Å². The summed E-state index contributed by atoms with van der Waals surface area (Å²) >= 11 is 1.65. The molecule has 6 heteroatoms. The number of nitrogens with zero attached hydrogens (tertiary/aromatic N) is 1. The van der Waals surface area contributed by atoms with Gasteiger partial charge in [0.15, 0.2) is 0 Å². The number of nitrogens with one attached hydrogen (secondary N) is 2. The molecule has 1 aromatic carbocycles. The van der Waals surface area contributed by atoms with Crippen LogP contribution in [0, 0.1) is 6.92 Å². The van der Waals surface area contributed by atoms with Crippen LogP contribution < -0.4 is 10.6 Å². The van der Waals surface area contributed by atoms with Gasteiger partial charge in [-0.25, -0.2) is 4.79 Å². The van der Waals surface area contributed by atoms with Crippen LogP contribution in [-0.4, -0.2) is 36.5 Å². The lowest BCUT2D eigenvalue weighted by atomic mass is 10.0. The molecule has 1 aliphatic heterocycles. The maximum absolute atomic E-state index is 12.2. The highest BCUT2D eigenvalue weighted by atomic mass is 32.1. The lowest BCUT2D eigenvalue weighted by molar-refractivity contribution is -0.126. The standard InChI is InChI=1S/C17H19N3O2S/c1-12-4-6-13(7-5-12)16(14-3-2-10-23-14)19-11-15(21)20-9-8-18-17(20)22/h2-7,10,16,19H,8-9,11H2,1H3,(H,18,22)/t16-/m0/s1. The number of carbonyl (C=O) groups is 2. The summed E-state index contributed by atoms with van der Waals surface area (Å²) in [4.78, 5) is 26.2. The van der Waals surface area contributed by atoms with Crippen LogP contribution in [-0.2, 0) is 4.79 Å². The zero-order valence-electron chi connectivity index (χ0n) is 12.9. The highest BCUT2D eigenvalue weighted by molar-refractivity contribution is 7.10. The molecule has 2 aromatic rings. The number of thiophene rings is 1. The molecule has 1 fully saturated rings. The van der Waals surface area contributed by atoms with Crippen molar-refractivity contribution in [3.63, 3.8) is 0 Å². The zero-order chi connectivity index (χ0) is 16.2. The molecule has 0 aliphatic carbocycles. The molecular weight excluding hydrogens is 310 g/mol. The normalized spacial score (nSPS) is 15.5. The van der Waals surface area contributed by atoms with Gasteiger partial charge >= 0.3 is 6.03 Å². The first-order chi connectivity index (χ1) is 11.1. The number of hydrogen-bond donors (Lipinski definition) is 2. The summed E-state index contributed by atoms with van der Waals surface area (Å²) in [5.41, 5.74) is 2.31. The van der Waals surface area contributed by atoms with E-state index in [1.54, 1.807) is 11.3 Å². The molecule has 0 unspecified atom stereocenters. The van der Waals surface area contributed by atoms with Gasteiger partial charge in [0.05, 0.1) is 12.6 Å². The molecule has 1 atom stereocenters. The summed E-state index contributed by atoms with van der Waals surface area (Å²) in [6.07, 6.45) is 0. The zero-order valence-corrected chi connectivity index (χ0v) is 13.7. The molecule has 23 heavy (non-hydrogen) atoms. The summed E-state index contributed by atoms with van der Waals surface area (Å²) < 4.78 is 0. The predicted octanol–water partition coefficient (Wildman–Crippen LogP) is 2.29. The summed E-state index contributed by atoms with van der Waals surface area (Å²) in [7, 11) is 0. The molecule has 5 nitrogen and oxygen atoms in total. The number of aryl methyl sites for hydroxylation is 1. The van der Waals surface area contributed by atoms with Crippen LogP contribution in [0.15, 0.2) is 41.8 Å². The second kappa shape index (κ2) is 6.93. The third kappa shape index (κ3) is 3.60. The first kappa shape index (κ1) is 15.7. The number of urea groups is 1. The van der Waals surface area contributed by atoms with Gasteiger partial charge in [0.1, 0.15) is 0 Å². The van der Waals surface area contributed by atoms with Crippen molar-refractivity contribution >= 4 is 23.3 Å². The fourth-order valence-corrected chi connectivity index (χ4v) is 3.42. The Bertz CT molecular complexity index is 682. The summed E-state index contributed by atoms with van der Waals surface area (Å²) in [6, 6.07) is 12.0. The topological polar surface area (TPSA) is 61.4 Å². The Hall–Kier alpha value is -2.18. The SMILES string of the molecule is Cc1ccc([C@H](NCC(=O)N2CCNC2=O)c2cccs2)cc1. The van der Waals surface area contributed by atoms with Crippen LogP contribution in [0.2, 0.25) is 0 Å². The van der Waals surface area contributed by atoms with E-state index in [1.807, 2.05) is 18.4 Å². The van der Waals surface area contributed by atoms with E-state index in [2.05, 4.69) is 41.0 Å². The molecular formula is C17H19N3O2S. The lowest BCUT2D eigenvalue weighted by Gasteiger charge is -2.20.